The molecular weight excluding hydrogens is 405 g/mol. The van der Waals surface area contributed by atoms with Gasteiger partial charge >= 0.3 is 0 Å². The number of benzene rings is 2. The van der Waals surface area contributed by atoms with E-state index in [-0.39, 0.29) is 23.3 Å². The number of fused-ring (bicyclic) bond motifs is 1. The Morgan fingerprint density at radius 2 is 1.97 bits per heavy atom. The van der Waals surface area contributed by atoms with Crippen LogP contribution in [0, 0.1) is 5.82 Å². The van der Waals surface area contributed by atoms with Crippen molar-refractivity contribution >= 4 is 28.6 Å². The minimum Gasteiger partial charge on any atom is -0.383 e. The average molecular weight is 430 g/mol. The van der Waals surface area contributed by atoms with E-state index < -0.39 is 0 Å². The lowest BCUT2D eigenvalue weighted by atomic mass is 10.1. The van der Waals surface area contributed by atoms with E-state index in [0.29, 0.717) is 40.5 Å². The molecule has 0 saturated carbocycles. The standard InChI is InChI=1S/C22H24FN3O3S/c1-14(2)24-20(27)16-6-9-18-19(12-16)25-22(26(21(18)28)10-11-29-3)30-13-15-4-7-17(23)8-5-15/h4-9,12,14H,10-11,13H2,1-3H3,(H,24,27). The Labute approximate surface area is 178 Å². The Bertz CT molecular complexity index is 1100. The second kappa shape index (κ2) is 9.86. The van der Waals surface area contributed by atoms with Crippen molar-refractivity contribution in [2.75, 3.05) is 13.7 Å². The van der Waals surface area contributed by atoms with Crippen molar-refractivity contribution < 1.29 is 13.9 Å². The van der Waals surface area contributed by atoms with Gasteiger partial charge in [0.1, 0.15) is 5.82 Å². The van der Waals surface area contributed by atoms with Crippen LogP contribution in [-0.2, 0) is 17.0 Å². The van der Waals surface area contributed by atoms with Crippen LogP contribution in [0.25, 0.3) is 10.9 Å². The molecule has 3 rings (SSSR count). The highest BCUT2D eigenvalue weighted by molar-refractivity contribution is 7.98. The minimum atomic E-state index is -0.295. The molecule has 30 heavy (non-hydrogen) atoms. The van der Waals surface area contributed by atoms with Gasteiger partial charge in [0.2, 0.25) is 0 Å². The predicted octanol–water partition coefficient (Wildman–Crippen LogP) is 3.61. The summed E-state index contributed by atoms with van der Waals surface area (Å²) in [6.45, 7) is 4.50. The molecule has 1 aromatic heterocycles. The van der Waals surface area contributed by atoms with Gasteiger partial charge in [0, 0.05) is 24.5 Å². The molecule has 3 aromatic rings. The number of hydrogen-bond donors (Lipinski definition) is 1. The number of carbonyl (C=O) groups is 1. The number of methoxy groups -OCH3 is 1. The second-order valence-electron chi connectivity index (χ2n) is 7.12. The lowest BCUT2D eigenvalue weighted by molar-refractivity contribution is 0.0943. The zero-order chi connectivity index (χ0) is 21.7. The van der Waals surface area contributed by atoms with E-state index in [2.05, 4.69) is 10.3 Å². The Balaban J connectivity index is 1.99. The maximum atomic E-state index is 13.2. The van der Waals surface area contributed by atoms with Gasteiger partial charge in [-0.15, -0.1) is 0 Å². The smallest absolute Gasteiger partial charge is 0.262 e. The van der Waals surface area contributed by atoms with Crippen molar-refractivity contribution in [1.29, 1.82) is 0 Å². The highest BCUT2D eigenvalue weighted by Gasteiger charge is 2.15. The second-order valence-corrected chi connectivity index (χ2v) is 8.06. The van der Waals surface area contributed by atoms with Crippen LogP contribution in [-0.4, -0.2) is 35.2 Å². The first-order valence-corrected chi connectivity index (χ1v) is 10.6. The Kier molecular flexibility index (Phi) is 7.23. The quantitative estimate of drug-likeness (QED) is 0.437. The van der Waals surface area contributed by atoms with Crippen LogP contribution < -0.4 is 10.9 Å². The highest BCUT2D eigenvalue weighted by atomic mass is 32.2. The lowest BCUT2D eigenvalue weighted by Gasteiger charge is -2.14. The summed E-state index contributed by atoms with van der Waals surface area (Å²) in [5, 5.41) is 3.81. The fraction of sp³-hybridized carbons (Fsp3) is 0.318. The van der Waals surface area contributed by atoms with Gasteiger partial charge in [-0.1, -0.05) is 23.9 Å². The first-order valence-electron chi connectivity index (χ1n) is 9.60. The number of ether oxygens (including phenoxy) is 1. The molecule has 0 spiro atoms. The summed E-state index contributed by atoms with van der Waals surface area (Å²) in [6.07, 6.45) is 0. The van der Waals surface area contributed by atoms with Crippen LogP contribution in [0.2, 0.25) is 0 Å². The first kappa shape index (κ1) is 22.0. The van der Waals surface area contributed by atoms with Crippen LogP contribution in [0.15, 0.2) is 52.4 Å². The molecular formula is C22H24FN3O3S. The van der Waals surface area contributed by atoms with E-state index in [0.717, 1.165) is 5.56 Å². The molecule has 0 radical (unpaired) electrons. The van der Waals surface area contributed by atoms with Crippen LogP contribution in [0.5, 0.6) is 0 Å². The molecule has 0 saturated heterocycles. The van der Waals surface area contributed by atoms with Crippen LogP contribution >= 0.6 is 11.8 Å². The van der Waals surface area contributed by atoms with Crippen molar-refractivity contribution in [3.63, 3.8) is 0 Å². The van der Waals surface area contributed by atoms with E-state index in [1.165, 1.54) is 23.9 Å². The van der Waals surface area contributed by atoms with E-state index in [1.807, 2.05) is 13.8 Å². The topological polar surface area (TPSA) is 73.2 Å². The van der Waals surface area contributed by atoms with E-state index in [9.17, 15) is 14.0 Å². The Morgan fingerprint density at radius 1 is 1.23 bits per heavy atom. The summed E-state index contributed by atoms with van der Waals surface area (Å²) in [7, 11) is 1.57. The van der Waals surface area contributed by atoms with Crippen molar-refractivity contribution in [2.24, 2.45) is 0 Å². The molecule has 158 valence electrons. The van der Waals surface area contributed by atoms with Gasteiger partial charge in [-0.05, 0) is 49.7 Å². The van der Waals surface area contributed by atoms with Gasteiger partial charge < -0.3 is 10.1 Å². The number of nitrogens with zero attached hydrogens (tertiary/aromatic N) is 2. The van der Waals surface area contributed by atoms with Crippen LogP contribution in [0.4, 0.5) is 4.39 Å². The van der Waals surface area contributed by atoms with E-state index >= 15 is 0 Å². The summed E-state index contributed by atoms with van der Waals surface area (Å²) in [4.78, 5) is 30.1. The monoisotopic (exact) mass is 429 g/mol. The highest BCUT2D eigenvalue weighted by Crippen LogP contribution is 2.23. The summed E-state index contributed by atoms with van der Waals surface area (Å²) < 4.78 is 19.9. The normalized spacial score (nSPS) is 11.2. The molecule has 2 aromatic carbocycles. The van der Waals surface area contributed by atoms with Gasteiger partial charge in [-0.3, -0.25) is 14.2 Å². The number of hydrogen-bond acceptors (Lipinski definition) is 5. The maximum absolute atomic E-state index is 13.2. The summed E-state index contributed by atoms with van der Waals surface area (Å²) in [5.41, 5.74) is 1.65. The van der Waals surface area contributed by atoms with Crippen molar-refractivity contribution in [3.8, 4) is 0 Å². The zero-order valence-electron chi connectivity index (χ0n) is 17.1. The number of amides is 1. The molecule has 0 aliphatic heterocycles. The molecule has 1 amide bonds. The fourth-order valence-corrected chi connectivity index (χ4v) is 3.89. The number of aromatic nitrogens is 2. The van der Waals surface area contributed by atoms with Crippen molar-refractivity contribution in [3.05, 3.63) is 69.8 Å². The Morgan fingerprint density at radius 3 is 2.63 bits per heavy atom. The largest absolute Gasteiger partial charge is 0.383 e. The number of carbonyl (C=O) groups excluding carboxylic acids is 1. The predicted molar refractivity (Wildman–Crippen MR) is 116 cm³/mol. The molecule has 0 bridgehead atoms. The number of thioether (sulfide) groups is 1. The first-order chi connectivity index (χ1) is 14.4. The molecule has 6 nitrogen and oxygen atoms in total. The minimum absolute atomic E-state index is 0.00465. The summed E-state index contributed by atoms with van der Waals surface area (Å²) >= 11 is 1.38. The third kappa shape index (κ3) is 5.25. The van der Waals surface area contributed by atoms with Gasteiger partial charge in [0.25, 0.3) is 11.5 Å². The molecule has 0 aliphatic rings. The third-order valence-corrected chi connectivity index (χ3v) is 5.45. The van der Waals surface area contributed by atoms with Crippen molar-refractivity contribution in [2.45, 2.75) is 37.3 Å². The SMILES string of the molecule is COCCn1c(SCc2ccc(F)cc2)nc2cc(C(=O)NC(C)C)ccc2c1=O. The molecule has 1 N–H and O–H groups in total. The molecule has 0 unspecified atom stereocenters. The molecule has 1 heterocycles. The number of halogens is 1. The van der Waals surface area contributed by atoms with E-state index in [4.69, 9.17) is 4.74 Å². The zero-order valence-corrected chi connectivity index (χ0v) is 18.0. The molecule has 0 aliphatic carbocycles. The summed E-state index contributed by atoms with van der Waals surface area (Å²) in [5.74, 6) is 0.0215. The van der Waals surface area contributed by atoms with Crippen LogP contribution in [0.1, 0.15) is 29.8 Å². The van der Waals surface area contributed by atoms with Crippen molar-refractivity contribution in [1.82, 2.24) is 14.9 Å². The number of rotatable bonds is 8. The van der Waals surface area contributed by atoms with Gasteiger partial charge in [-0.2, -0.15) is 0 Å². The fourth-order valence-electron chi connectivity index (χ4n) is 2.91. The third-order valence-electron chi connectivity index (χ3n) is 4.40. The Hall–Kier alpha value is -2.71. The molecule has 8 heteroatoms. The van der Waals surface area contributed by atoms with Gasteiger partial charge in [-0.25, -0.2) is 9.37 Å². The van der Waals surface area contributed by atoms with Gasteiger partial charge in [0.05, 0.1) is 24.1 Å². The van der Waals surface area contributed by atoms with Gasteiger partial charge in [0.15, 0.2) is 5.16 Å². The molecule has 0 fully saturated rings. The number of nitrogens with one attached hydrogen (secondary N) is 1. The lowest BCUT2D eigenvalue weighted by Crippen LogP contribution is -2.30. The van der Waals surface area contributed by atoms with E-state index in [1.54, 1.807) is 42.0 Å². The molecule has 0 atom stereocenters. The maximum Gasteiger partial charge on any atom is 0.262 e. The summed E-state index contributed by atoms with van der Waals surface area (Å²) in [6, 6.07) is 11.1. The van der Waals surface area contributed by atoms with Crippen LogP contribution in [0.3, 0.4) is 0 Å². The average Bonchev–Trinajstić information content (AvgIpc) is 2.72.